The fourth-order valence-electron chi connectivity index (χ4n) is 6.86. The smallest absolute Gasteiger partial charge is 0.346 e. The van der Waals surface area contributed by atoms with Gasteiger partial charge < -0.3 is 24.1 Å². The molecule has 7 nitrogen and oxygen atoms in total. The molecule has 5 rings (SSSR count). The number of fused-ring (bicyclic) bond motifs is 4. The Bertz CT molecular complexity index is 1340. The summed E-state index contributed by atoms with van der Waals surface area (Å²) in [6.07, 6.45) is 2.93. The van der Waals surface area contributed by atoms with Gasteiger partial charge in [-0.25, -0.2) is 4.79 Å². The third-order valence-corrected chi connectivity index (χ3v) is 9.57. The highest BCUT2D eigenvalue weighted by atomic mass is 35.5. The Kier molecular flexibility index (Phi) is 7.37. The summed E-state index contributed by atoms with van der Waals surface area (Å²) >= 11 is 6.78. The molecule has 2 saturated carbocycles. The maximum Gasteiger partial charge on any atom is 0.346 e. The predicted molar refractivity (Wildman–Crippen MR) is 151 cm³/mol. The minimum atomic E-state index is -0.876. The third-order valence-electron chi connectivity index (χ3n) is 9.10. The van der Waals surface area contributed by atoms with Gasteiger partial charge in [-0.15, -0.1) is 0 Å². The zero-order valence-corrected chi connectivity index (χ0v) is 25.1. The number of aliphatic hydroxyl groups excluding tert-OH is 1. The van der Waals surface area contributed by atoms with Gasteiger partial charge in [0.05, 0.1) is 23.7 Å². The van der Waals surface area contributed by atoms with E-state index < -0.39 is 23.6 Å². The van der Waals surface area contributed by atoms with Gasteiger partial charge in [-0.05, 0) is 93.9 Å². The van der Waals surface area contributed by atoms with E-state index in [0.717, 1.165) is 25.7 Å². The maximum atomic E-state index is 13.7. The number of carbonyl (C=O) groups excluding carboxylic acids is 2. The SMILES string of the molecule is COc1c([C@@H](O)CC(C)(C)C)ccc2c1C(=O)OC(C)c1cc(C)c(Cl)c(OC(=O)C3(C)C4CCC3CC4)c1O2. The van der Waals surface area contributed by atoms with Crippen molar-refractivity contribution in [3.63, 3.8) is 0 Å². The zero-order chi connectivity index (χ0) is 29.1. The summed E-state index contributed by atoms with van der Waals surface area (Å²) in [4.78, 5) is 27.2. The molecule has 0 amide bonds. The summed E-state index contributed by atoms with van der Waals surface area (Å²) in [5.74, 6) is 0.327. The summed E-state index contributed by atoms with van der Waals surface area (Å²) in [5.41, 5.74) is 0.997. The number of ether oxygens (including phenoxy) is 4. The first-order chi connectivity index (χ1) is 18.8. The fraction of sp³-hybridized carbons (Fsp3) is 0.562. The summed E-state index contributed by atoms with van der Waals surface area (Å²) in [7, 11) is 1.44. The van der Waals surface area contributed by atoms with Crippen LogP contribution in [0.3, 0.4) is 0 Å². The number of cyclic esters (lactones) is 1. The van der Waals surface area contributed by atoms with Crippen molar-refractivity contribution in [1.29, 1.82) is 0 Å². The highest BCUT2D eigenvalue weighted by Crippen LogP contribution is 2.59. The zero-order valence-electron chi connectivity index (χ0n) is 24.4. The minimum Gasteiger partial charge on any atom is -0.495 e. The van der Waals surface area contributed by atoms with Gasteiger partial charge in [0.25, 0.3) is 0 Å². The van der Waals surface area contributed by atoms with Crippen LogP contribution in [0.1, 0.15) is 106 Å². The number of aliphatic hydroxyl groups is 1. The largest absolute Gasteiger partial charge is 0.495 e. The van der Waals surface area contributed by atoms with Crippen LogP contribution in [0.2, 0.25) is 5.02 Å². The maximum absolute atomic E-state index is 13.7. The predicted octanol–water partition coefficient (Wildman–Crippen LogP) is 7.88. The lowest BCUT2D eigenvalue weighted by molar-refractivity contribution is -0.147. The molecule has 2 bridgehead atoms. The molecule has 1 heterocycles. The van der Waals surface area contributed by atoms with Crippen molar-refractivity contribution < 1.29 is 33.6 Å². The first-order valence-electron chi connectivity index (χ1n) is 14.1. The molecule has 1 unspecified atom stereocenters. The molecule has 40 heavy (non-hydrogen) atoms. The second kappa shape index (κ2) is 10.3. The Balaban J connectivity index is 1.61. The molecular weight excluding hydrogens is 532 g/mol. The Labute approximate surface area is 241 Å². The van der Waals surface area contributed by atoms with E-state index in [9.17, 15) is 14.7 Å². The summed E-state index contributed by atoms with van der Waals surface area (Å²) < 4.78 is 24.1. The van der Waals surface area contributed by atoms with Gasteiger partial charge in [-0.2, -0.15) is 0 Å². The number of hydrogen-bond acceptors (Lipinski definition) is 7. The molecular formula is C32H39ClO7. The minimum absolute atomic E-state index is 0.0558. The third kappa shape index (κ3) is 4.75. The van der Waals surface area contributed by atoms with Crippen molar-refractivity contribution in [3.8, 4) is 23.0 Å². The van der Waals surface area contributed by atoms with Crippen molar-refractivity contribution in [2.24, 2.45) is 22.7 Å². The summed E-state index contributed by atoms with van der Waals surface area (Å²) in [6.45, 7) is 11.6. The molecule has 1 N–H and O–H groups in total. The molecule has 2 aliphatic carbocycles. The summed E-state index contributed by atoms with van der Waals surface area (Å²) in [5, 5.41) is 11.3. The monoisotopic (exact) mass is 570 g/mol. The van der Waals surface area contributed by atoms with Gasteiger partial charge in [0.1, 0.15) is 23.2 Å². The fourth-order valence-corrected chi connectivity index (χ4v) is 7.04. The highest BCUT2D eigenvalue weighted by molar-refractivity contribution is 6.33. The molecule has 0 aromatic heterocycles. The Morgan fingerprint density at radius 3 is 2.38 bits per heavy atom. The lowest BCUT2D eigenvalue weighted by Crippen LogP contribution is -2.36. The van der Waals surface area contributed by atoms with Crippen LogP contribution < -0.4 is 14.2 Å². The topological polar surface area (TPSA) is 91.3 Å². The molecule has 0 spiro atoms. The van der Waals surface area contributed by atoms with E-state index >= 15 is 0 Å². The van der Waals surface area contributed by atoms with E-state index in [4.69, 9.17) is 30.5 Å². The average molecular weight is 571 g/mol. The van der Waals surface area contributed by atoms with E-state index in [0.29, 0.717) is 34.9 Å². The molecule has 0 saturated heterocycles. The molecule has 1 aliphatic heterocycles. The van der Waals surface area contributed by atoms with Gasteiger partial charge >= 0.3 is 11.9 Å². The molecule has 2 aromatic rings. The van der Waals surface area contributed by atoms with Gasteiger partial charge in [-0.3, -0.25) is 4.79 Å². The Morgan fingerprint density at radius 2 is 1.80 bits per heavy atom. The van der Waals surface area contributed by atoms with Crippen LogP contribution >= 0.6 is 11.6 Å². The normalized spacial score (nSPS) is 26.1. The van der Waals surface area contributed by atoms with Crippen LogP contribution in [0.25, 0.3) is 0 Å². The molecule has 8 heteroatoms. The van der Waals surface area contributed by atoms with E-state index in [1.54, 1.807) is 25.1 Å². The second-order valence-electron chi connectivity index (χ2n) is 13.0. The van der Waals surface area contributed by atoms with Gasteiger partial charge in [0.2, 0.25) is 0 Å². The number of esters is 2. The molecule has 3 aliphatic rings. The number of carbonyl (C=O) groups is 2. The number of hydrogen-bond donors (Lipinski definition) is 1. The first-order valence-corrected chi connectivity index (χ1v) is 14.5. The van der Waals surface area contributed by atoms with Crippen molar-refractivity contribution in [3.05, 3.63) is 45.5 Å². The first kappa shape index (κ1) is 28.7. The molecule has 2 fully saturated rings. The van der Waals surface area contributed by atoms with Crippen molar-refractivity contribution >= 4 is 23.5 Å². The van der Waals surface area contributed by atoms with E-state index in [1.807, 2.05) is 34.6 Å². The lowest BCUT2D eigenvalue weighted by atomic mass is 9.80. The second-order valence-corrected chi connectivity index (χ2v) is 13.3. The lowest BCUT2D eigenvalue weighted by Gasteiger charge is -2.30. The molecule has 0 radical (unpaired) electrons. The highest BCUT2D eigenvalue weighted by Gasteiger charge is 2.57. The van der Waals surface area contributed by atoms with Crippen molar-refractivity contribution in [1.82, 2.24) is 0 Å². The molecule has 216 valence electrons. The Hall–Kier alpha value is -2.77. The van der Waals surface area contributed by atoms with E-state index in [-0.39, 0.29) is 45.0 Å². The number of aryl methyl sites for hydroxylation is 1. The van der Waals surface area contributed by atoms with E-state index in [2.05, 4.69) is 0 Å². The van der Waals surface area contributed by atoms with Crippen LogP contribution in [-0.2, 0) is 9.53 Å². The van der Waals surface area contributed by atoms with Crippen LogP contribution in [0.4, 0.5) is 0 Å². The van der Waals surface area contributed by atoms with Gasteiger partial charge in [-0.1, -0.05) is 32.4 Å². The standard InChI is InChI=1S/C32H39ClO7/c1-16-14-21-17(2)38-29(35)24-23(13-12-20(26(24)37-7)22(34)15-31(3,4)5)39-27(21)28(25(16)33)40-30(36)32(6)18-8-9-19(32)11-10-18/h12-14,17-19,22,34H,8-11,15H2,1-7H3/t17?,18?,19?,22-,32?/m0/s1. The van der Waals surface area contributed by atoms with Crippen LogP contribution in [-0.4, -0.2) is 24.2 Å². The summed E-state index contributed by atoms with van der Waals surface area (Å²) in [6, 6.07) is 5.08. The van der Waals surface area contributed by atoms with Crippen LogP contribution in [0, 0.1) is 29.6 Å². The van der Waals surface area contributed by atoms with Crippen molar-refractivity contribution in [2.75, 3.05) is 7.11 Å². The van der Waals surface area contributed by atoms with Crippen LogP contribution in [0.15, 0.2) is 18.2 Å². The van der Waals surface area contributed by atoms with E-state index in [1.165, 1.54) is 7.11 Å². The van der Waals surface area contributed by atoms with Gasteiger partial charge in [0, 0.05) is 11.1 Å². The van der Waals surface area contributed by atoms with Crippen LogP contribution in [0.5, 0.6) is 23.0 Å². The molecule has 2 aromatic carbocycles. The van der Waals surface area contributed by atoms with Crippen molar-refractivity contribution in [2.45, 2.75) is 85.9 Å². The number of rotatable bonds is 5. The van der Waals surface area contributed by atoms with Gasteiger partial charge in [0.15, 0.2) is 11.5 Å². The Morgan fingerprint density at radius 1 is 1.18 bits per heavy atom. The average Bonchev–Trinajstić information content (AvgIpc) is 3.38. The number of halogens is 1. The number of methoxy groups -OCH3 is 1. The molecule has 2 atom stereocenters. The quantitative estimate of drug-likeness (QED) is 0.289. The number of benzene rings is 2.